The number of nitrogens with two attached hydrogens (primary N) is 1. The van der Waals surface area contributed by atoms with Gasteiger partial charge < -0.3 is 30.7 Å². The van der Waals surface area contributed by atoms with Crippen LogP contribution in [0.4, 0.5) is 11.4 Å². The van der Waals surface area contributed by atoms with Crippen LogP contribution in [0.15, 0.2) is 47.5 Å². The highest BCUT2D eigenvalue weighted by atomic mass is 16.5. The highest BCUT2D eigenvalue weighted by Gasteiger charge is 2.40. The van der Waals surface area contributed by atoms with E-state index in [0.717, 1.165) is 24.0 Å². The summed E-state index contributed by atoms with van der Waals surface area (Å²) in [6.45, 7) is 2.12. The molecular formula is C25H27N5O5. The number of ether oxygens (including phenoxy) is 1. The number of aliphatic hydroxyl groups excluding tert-OH is 1. The Hall–Kier alpha value is -3.76. The minimum atomic E-state index is -1.73. The molecule has 2 saturated heterocycles. The fourth-order valence-electron chi connectivity index (χ4n) is 4.71. The summed E-state index contributed by atoms with van der Waals surface area (Å²) in [6, 6.07) is 12.1. The topological polar surface area (TPSA) is 138 Å². The SMILES string of the molecule is NC1=NCc2cc(NC(=O)C(O)C3OCCN(c4ccccc4C(=O)N4CCCC4)C3=O)ccc21. The Balaban J connectivity index is 1.31. The van der Waals surface area contributed by atoms with Gasteiger partial charge in [0, 0.05) is 30.9 Å². The van der Waals surface area contributed by atoms with E-state index in [9.17, 15) is 19.5 Å². The number of likely N-dealkylation sites (tertiary alicyclic amines) is 1. The first-order valence-corrected chi connectivity index (χ1v) is 11.7. The lowest BCUT2D eigenvalue weighted by Crippen LogP contribution is -2.55. The number of hydrogen-bond donors (Lipinski definition) is 3. The average Bonchev–Trinajstić information content (AvgIpc) is 3.54. The highest BCUT2D eigenvalue weighted by Crippen LogP contribution is 2.27. The monoisotopic (exact) mass is 477 g/mol. The summed E-state index contributed by atoms with van der Waals surface area (Å²) in [7, 11) is 0. The maximum Gasteiger partial charge on any atom is 0.259 e. The molecule has 10 nitrogen and oxygen atoms in total. The third-order valence-electron chi connectivity index (χ3n) is 6.56. The van der Waals surface area contributed by atoms with Crippen molar-refractivity contribution in [2.45, 2.75) is 31.6 Å². The summed E-state index contributed by atoms with van der Waals surface area (Å²) >= 11 is 0. The largest absolute Gasteiger partial charge is 0.383 e. The van der Waals surface area contributed by atoms with E-state index < -0.39 is 24.0 Å². The van der Waals surface area contributed by atoms with Gasteiger partial charge in [0.15, 0.2) is 12.2 Å². The van der Waals surface area contributed by atoms with Gasteiger partial charge in [-0.1, -0.05) is 12.1 Å². The van der Waals surface area contributed by atoms with Crippen LogP contribution in [0.1, 0.15) is 34.3 Å². The third kappa shape index (κ3) is 4.38. The molecule has 35 heavy (non-hydrogen) atoms. The first kappa shape index (κ1) is 23.0. The Morgan fingerprint density at radius 2 is 1.91 bits per heavy atom. The molecule has 2 aromatic carbocycles. The van der Waals surface area contributed by atoms with Crippen LogP contribution in [0, 0.1) is 0 Å². The number of benzene rings is 2. The van der Waals surface area contributed by atoms with Crippen LogP contribution in [0.5, 0.6) is 0 Å². The normalized spacial score (nSPS) is 20.4. The summed E-state index contributed by atoms with van der Waals surface area (Å²) in [5.74, 6) is -1.02. The van der Waals surface area contributed by atoms with Crippen molar-refractivity contribution in [3.63, 3.8) is 0 Å². The molecule has 3 amide bonds. The van der Waals surface area contributed by atoms with Crippen LogP contribution in [-0.4, -0.2) is 72.0 Å². The van der Waals surface area contributed by atoms with Crippen molar-refractivity contribution in [1.29, 1.82) is 0 Å². The number of aliphatic imine (C=N–C) groups is 1. The third-order valence-corrected chi connectivity index (χ3v) is 6.56. The number of hydrogen-bond acceptors (Lipinski definition) is 7. The Kier molecular flexibility index (Phi) is 6.23. The molecule has 182 valence electrons. The number of amides is 3. The van der Waals surface area contributed by atoms with E-state index in [0.29, 0.717) is 42.4 Å². The fourth-order valence-corrected chi connectivity index (χ4v) is 4.71. The maximum absolute atomic E-state index is 13.3. The highest BCUT2D eigenvalue weighted by molar-refractivity contribution is 6.08. The van der Waals surface area contributed by atoms with E-state index in [-0.39, 0.29) is 19.1 Å². The molecule has 2 unspecified atom stereocenters. The number of nitrogens with one attached hydrogen (secondary N) is 1. The molecule has 2 fully saturated rings. The van der Waals surface area contributed by atoms with Gasteiger partial charge in [0.1, 0.15) is 5.84 Å². The lowest BCUT2D eigenvalue weighted by atomic mass is 10.1. The van der Waals surface area contributed by atoms with Crippen molar-refractivity contribution in [2.75, 3.05) is 36.5 Å². The van der Waals surface area contributed by atoms with Crippen LogP contribution in [0.25, 0.3) is 0 Å². The minimum absolute atomic E-state index is 0.114. The van der Waals surface area contributed by atoms with Crippen molar-refractivity contribution in [2.24, 2.45) is 10.7 Å². The zero-order valence-corrected chi connectivity index (χ0v) is 19.1. The van der Waals surface area contributed by atoms with Crippen molar-refractivity contribution in [3.8, 4) is 0 Å². The average molecular weight is 478 g/mol. The van der Waals surface area contributed by atoms with E-state index in [1.54, 1.807) is 47.4 Å². The van der Waals surface area contributed by atoms with Gasteiger partial charge >= 0.3 is 0 Å². The Labute approximate surface area is 202 Å². The molecule has 2 atom stereocenters. The maximum atomic E-state index is 13.3. The van der Waals surface area contributed by atoms with Gasteiger partial charge in [-0.05, 0) is 48.7 Å². The number of fused-ring (bicyclic) bond motifs is 1. The number of rotatable bonds is 5. The van der Waals surface area contributed by atoms with E-state index in [1.165, 1.54) is 4.90 Å². The van der Waals surface area contributed by atoms with Crippen molar-refractivity contribution in [3.05, 3.63) is 59.2 Å². The van der Waals surface area contributed by atoms with E-state index in [2.05, 4.69) is 10.3 Å². The number of anilines is 2. The van der Waals surface area contributed by atoms with E-state index in [1.807, 2.05) is 0 Å². The Morgan fingerprint density at radius 3 is 2.71 bits per heavy atom. The number of amidine groups is 1. The van der Waals surface area contributed by atoms with E-state index in [4.69, 9.17) is 10.5 Å². The van der Waals surface area contributed by atoms with Crippen LogP contribution in [0.2, 0.25) is 0 Å². The minimum Gasteiger partial charge on any atom is -0.383 e. The molecule has 3 aliphatic heterocycles. The molecular weight excluding hydrogens is 450 g/mol. The van der Waals surface area contributed by atoms with Crippen LogP contribution < -0.4 is 16.0 Å². The molecule has 0 bridgehead atoms. The molecule has 0 saturated carbocycles. The summed E-state index contributed by atoms with van der Waals surface area (Å²) in [4.78, 5) is 46.5. The zero-order valence-electron chi connectivity index (χ0n) is 19.1. The second-order valence-corrected chi connectivity index (χ2v) is 8.81. The van der Waals surface area contributed by atoms with Gasteiger partial charge in [-0.3, -0.25) is 19.4 Å². The Morgan fingerprint density at radius 1 is 1.14 bits per heavy atom. The van der Waals surface area contributed by atoms with Crippen LogP contribution >= 0.6 is 0 Å². The van der Waals surface area contributed by atoms with Crippen molar-refractivity contribution >= 4 is 34.9 Å². The Bertz CT molecular complexity index is 1210. The van der Waals surface area contributed by atoms with Crippen molar-refractivity contribution in [1.82, 2.24) is 4.90 Å². The number of carbonyl (C=O) groups is 3. The van der Waals surface area contributed by atoms with Gasteiger partial charge in [-0.2, -0.15) is 0 Å². The summed E-state index contributed by atoms with van der Waals surface area (Å²) in [6.07, 6.45) is -1.22. The summed E-state index contributed by atoms with van der Waals surface area (Å²) < 4.78 is 5.52. The molecule has 0 aromatic heterocycles. The van der Waals surface area contributed by atoms with Gasteiger partial charge in [0.25, 0.3) is 17.7 Å². The molecule has 0 aliphatic carbocycles. The molecule has 2 aromatic rings. The molecule has 5 rings (SSSR count). The second kappa shape index (κ2) is 9.47. The van der Waals surface area contributed by atoms with Gasteiger partial charge in [0.05, 0.1) is 24.4 Å². The predicted octanol–water partition coefficient (Wildman–Crippen LogP) is 0.873. The van der Waals surface area contributed by atoms with E-state index >= 15 is 0 Å². The van der Waals surface area contributed by atoms with Crippen LogP contribution in [-0.2, 0) is 20.9 Å². The summed E-state index contributed by atoms with van der Waals surface area (Å²) in [5.41, 5.74) is 8.83. The fraction of sp³-hybridized carbons (Fsp3) is 0.360. The zero-order chi connectivity index (χ0) is 24.5. The molecule has 3 heterocycles. The molecule has 4 N–H and O–H groups in total. The van der Waals surface area contributed by atoms with Gasteiger partial charge in [0.2, 0.25) is 0 Å². The number of morpholine rings is 1. The van der Waals surface area contributed by atoms with Gasteiger partial charge in [-0.15, -0.1) is 0 Å². The molecule has 0 spiro atoms. The lowest BCUT2D eigenvalue weighted by Gasteiger charge is -2.35. The molecule has 10 heteroatoms. The number of carbonyl (C=O) groups excluding carboxylic acids is 3. The van der Waals surface area contributed by atoms with Gasteiger partial charge in [-0.25, -0.2) is 0 Å². The first-order valence-electron chi connectivity index (χ1n) is 11.7. The number of nitrogens with zero attached hydrogens (tertiary/aromatic N) is 3. The first-order chi connectivity index (χ1) is 16.9. The van der Waals surface area contributed by atoms with Crippen molar-refractivity contribution < 1.29 is 24.2 Å². The quantitative estimate of drug-likeness (QED) is 0.584. The predicted molar refractivity (Wildman–Crippen MR) is 129 cm³/mol. The second-order valence-electron chi connectivity index (χ2n) is 8.81. The number of aliphatic hydroxyl groups is 1. The van der Waals surface area contributed by atoms with Crippen LogP contribution in [0.3, 0.4) is 0 Å². The smallest absolute Gasteiger partial charge is 0.259 e. The standard InChI is InChI=1S/C25H27N5O5/c26-22-17-8-7-16(13-15(17)14-27-22)28-23(32)20(31)21-25(34)30(11-12-35-21)19-6-2-1-5-18(19)24(33)29-9-3-4-10-29/h1-2,5-8,13,20-21,31H,3-4,9-12,14H2,(H2,26,27)(H,28,32). The molecule has 0 radical (unpaired) electrons. The number of para-hydroxylation sites is 1. The lowest BCUT2D eigenvalue weighted by molar-refractivity contribution is -0.150. The summed E-state index contributed by atoms with van der Waals surface area (Å²) in [5, 5.41) is 13.4. The molecule has 3 aliphatic rings.